The fraction of sp³-hybridized carbons (Fsp3) is 0.892. The number of hydrogen-bond donors (Lipinski definition) is 0. The van der Waals surface area contributed by atoms with Crippen molar-refractivity contribution in [2.75, 3.05) is 0 Å². The Morgan fingerprint density at radius 3 is 2.05 bits per heavy atom. The van der Waals surface area contributed by atoms with Crippen molar-refractivity contribution in [1.82, 2.24) is 0 Å². The summed E-state index contributed by atoms with van der Waals surface area (Å²) >= 11 is 0. The van der Waals surface area contributed by atoms with Crippen LogP contribution in [0.4, 0.5) is 0 Å². The summed E-state index contributed by atoms with van der Waals surface area (Å²) in [5.41, 5.74) is 2.05. The van der Waals surface area contributed by atoms with Crippen LogP contribution in [-0.4, -0.2) is 17.9 Å². The van der Waals surface area contributed by atoms with E-state index in [-0.39, 0.29) is 28.8 Å². The van der Waals surface area contributed by atoms with Gasteiger partial charge in [0.15, 0.2) is 0 Å². The zero-order valence-electron chi connectivity index (χ0n) is 26.7. The summed E-state index contributed by atoms with van der Waals surface area (Å²) in [7, 11) is 0. The quantitative estimate of drug-likeness (QED) is 0.108. The highest BCUT2D eigenvalue weighted by Crippen LogP contribution is 2.66. The van der Waals surface area contributed by atoms with Crippen LogP contribution in [0.15, 0.2) is 11.6 Å². The average Bonchev–Trinajstić information content (AvgIpc) is 3.29. The molecule has 0 heterocycles. The molecule has 0 N–H and O–H groups in total. The van der Waals surface area contributed by atoms with Crippen molar-refractivity contribution in [2.24, 2.45) is 34.5 Å². The molecule has 228 valence electrons. The molecule has 0 radical (unpaired) electrons. The van der Waals surface area contributed by atoms with Gasteiger partial charge in [-0.05, 0) is 86.9 Å². The average molecular weight is 555 g/mol. The van der Waals surface area contributed by atoms with Crippen LogP contribution in [-0.2, 0) is 14.3 Å². The van der Waals surface area contributed by atoms with Gasteiger partial charge in [0.1, 0.15) is 11.9 Å². The maximum Gasteiger partial charge on any atom is 0.306 e. The van der Waals surface area contributed by atoms with Gasteiger partial charge < -0.3 is 4.74 Å². The predicted molar refractivity (Wildman–Crippen MR) is 166 cm³/mol. The number of ether oxygens (including phenoxy) is 1. The highest BCUT2D eigenvalue weighted by molar-refractivity contribution is 5.79. The highest BCUT2D eigenvalue weighted by atomic mass is 16.5. The normalized spacial score (nSPS) is 34.9. The molecule has 7 atom stereocenters. The molecule has 0 aromatic rings. The van der Waals surface area contributed by atoms with Crippen LogP contribution in [0.1, 0.15) is 169 Å². The Labute approximate surface area is 247 Å². The van der Waals surface area contributed by atoms with Crippen LogP contribution in [0, 0.1) is 34.5 Å². The standard InChI is InChI=1S/C37H62O3/c1-5-6-7-8-9-10-11-12-13-14-15-16-17-18-35(39)40-30-23-25-36(3)29(27-30)19-20-31-33-22-21-32(28(2)38)37(33,4)26-24-34(31)36/h19,30-34H,5-18,20-27H2,1-4H3/t30-,31?,32+,33?,34?,36-,37+/m0/s1. The molecule has 4 rings (SSSR count). The molecular formula is C37H62O3. The van der Waals surface area contributed by atoms with Gasteiger partial charge in [-0.2, -0.15) is 0 Å². The maximum atomic E-state index is 12.7. The van der Waals surface area contributed by atoms with E-state index in [4.69, 9.17) is 4.74 Å². The SMILES string of the molecule is CCCCCCCCCCCCCCCC(=O)O[C@H]1CC[C@@]2(C)C(=CCC3C2CC[C@@]2(C)C3CC[C@@H]2C(C)=O)C1. The molecule has 0 saturated heterocycles. The van der Waals surface area contributed by atoms with E-state index in [0.29, 0.717) is 18.1 Å². The van der Waals surface area contributed by atoms with E-state index < -0.39 is 0 Å². The Bertz CT molecular complexity index is 859. The van der Waals surface area contributed by atoms with Crippen molar-refractivity contribution in [2.45, 2.75) is 175 Å². The molecule has 40 heavy (non-hydrogen) atoms. The zero-order chi connectivity index (χ0) is 28.6. The molecule has 4 aliphatic rings. The summed E-state index contributed by atoms with van der Waals surface area (Å²) < 4.78 is 6.04. The van der Waals surface area contributed by atoms with E-state index in [2.05, 4.69) is 26.8 Å². The van der Waals surface area contributed by atoms with E-state index in [1.165, 1.54) is 96.3 Å². The third-order valence-electron chi connectivity index (χ3n) is 12.3. The maximum absolute atomic E-state index is 12.7. The van der Waals surface area contributed by atoms with E-state index in [1.807, 2.05) is 6.92 Å². The molecule has 3 saturated carbocycles. The van der Waals surface area contributed by atoms with Crippen molar-refractivity contribution in [3.63, 3.8) is 0 Å². The number of fused-ring (bicyclic) bond motifs is 5. The second kappa shape index (κ2) is 14.9. The van der Waals surface area contributed by atoms with Gasteiger partial charge in [0, 0.05) is 18.8 Å². The number of unbranched alkanes of at least 4 members (excludes halogenated alkanes) is 12. The number of Topliss-reactive ketones (excluding diaryl/α,β-unsaturated/α-hetero) is 1. The lowest BCUT2D eigenvalue weighted by Gasteiger charge is -2.58. The van der Waals surface area contributed by atoms with Crippen LogP contribution >= 0.6 is 0 Å². The van der Waals surface area contributed by atoms with E-state index in [1.54, 1.807) is 5.57 Å². The molecule has 0 amide bonds. The third-order valence-corrected chi connectivity index (χ3v) is 12.3. The molecule has 0 aromatic carbocycles. The molecule has 3 fully saturated rings. The molecule has 0 aromatic heterocycles. The van der Waals surface area contributed by atoms with E-state index in [9.17, 15) is 9.59 Å². The molecule has 3 unspecified atom stereocenters. The number of hydrogen-bond acceptors (Lipinski definition) is 3. The van der Waals surface area contributed by atoms with Gasteiger partial charge in [0.25, 0.3) is 0 Å². The second-order valence-corrected chi connectivity index (χ2v) is 14.9. The lowest BCUT2D eigenvalue weighted by Crippen LogP contribution is -2.51. The van der Waals surface area contributed by atoms with Gasteiger partial charge >= 0.3 is 5.97 Å². The van der Waals surface area contributed by atoms with Crippen LogP contribution in [0.5, 0.6) is 0 Å². The highest BCUT2D eigenvalue weighted by Gasteiger charge is 2.59. The fourth-order valence-electron chi connectivity index (χ4n) is 9.93. The topological polar surface area (TPSA) is 43.4 Å². The Kier molecular flexibility index (Phi) is 11.8. The molecule has 4 aliphatic carbocycles. The first-order valence-corrected chi connectivity index (χ1v) is 17.7. The van der Waals surface area contributed by atoms with E-state index >= 15 is 0 Å². The van der Waals surface area contributed by atoms with Gasteiger partial charge in [-0.3, -0.25) is 9.59 Å². The van der Waals surface area contributed by atoms with Crippen molar-refractivity contribution < 1.29 is 14.3 Å². The Morgan fingerprint density at radius 1 is 0.800 bits per heavy atom. The number of rotatable bonds is 16. The van der Waals surface area contributed by atoms with Gasteiger partial charge in [-0.25, -0.2) is 0 Å². The first kappa shape index (κ1) is 31.8. The largest absolute Gasteiger partial charge is 0.462 e. The summed E-state index contributed by atoms with van der Waals surface area (Å²) in [6, 6.07) is 0. The van der Waals surface area contributed by atoms with Crippen molar-refractivity contribution in [1.29, 1.82) is 0 Å². The minimum absolute atomic E-state index is 0.0284. The summed E-state index contributed by atoms with van der Waals surface area (Å²) in [4.78, 5) is 25.1. The van der Waals surface area contributed by atoms with Crippen molar-refractivity contribution in [3.8, 4) is 0 Å². The summed E-state index contributed by atoms with van der Waals surface area (Å²) in [5, 5.41) is 0. The monoisotopic (exact) mass is 554 g/mol. The molecule has 3 heteroatoms. The van der Waals surface area contributed by atoms with Gasteiger partial charge in [0.05, 0.1) is 0 Å². The minimum atomic E-state index is 0.0284. The fourth-order valence-corrected chi connectivity index (χ4v) is 9.93. The van der Waals surface area contributed by atoms with Crippen molar-refractivity contribution >= 4 is 11.8 Å². The predicted octanol–water partition coefficient (Wildman–Crippen LogP) is 10.5. The Hall–Kier alpha value is -1.12. The third kappa shape index (κ3) is 7.44. The number of allylic oxidation sites excluding steroid dienone is 1. The van der Waals surface area contributed by atoms with E-state index in [0.717, 1.165) is 50.4 Å². The molecule has 0 aliphatic heterocycles. The second-order valence-electron chi connectivity index (χ2n) is 14.9. The number of carbonyl (C=O) groups is 2. The van der Waals surface area contributed by atoms with Crippen LogP contribution in [0.25, 0.3) is 0 Å². The minimum Gasteiger partial charge on any atom is -0.462 e. The molecular weight excluding hydrogens is 492 g/mol. The van der Waals surface area contributed by atoms with Crippen LogP contribution < -0.4 is 0 Å². The first-order chi connectivity index (χ1) is 19.3. The first-order valence-electron chi connectivity index (χ1n) is 17.7. The zero-order valence-corrected chi connectivity index (χ0v) is 26.7. The van der Waals surface area contributed by atoms with Crippen LogP contribution in [0.3, 0.4) is 0 Å². The number of carbonyl (C=O) groups excluding carboxylic acids is 2. The van der Waals surface area contributed by atoms with Crippen LogP contribution in [0.2, 0.25) is 0 Å². The molecule has 0 spiro atoms. The molecule has 3 nitrogen and oxygen atoms in total. The lowest BCUT2D eigenvalue weighted by molar-refractivity contribution is -0.151. The Balaban J connectivity index is 1.12. The lowest BCUT2D eigenvalue weighted by atomic mass is 9.47. The van der Waals surface area contributed by atoms with Gasteiger partial charge in [-0.1, -0.05) is 109 Å². The van der Waals surface area contributed by atoms with Gasteiger partial charge in [-0.15, -0.1) is 0 Å². The van der Waals surface area contributed by atoms with Crippen molar-refractivity contribution in [3.05, 3.63) is 11.6 Å². The smallest absolute Gasteiger partial charge is 0.306 e. The van der Waals surface area contributed by atoms with Gasteiger partial charge in [0.2, 0.25) is 0 Å². The summed E-state index contributed by atoms with van der Waals surface area (Å²) in [6.45, 7) is 9.06. The number of ketones is 1. The number of esters is 1. The molecule has 0 bridgehead atoms. The summed E-state index contributed by atoms with van der Waals surface area (Å²) in [6.07, 6.45) is 29.6. The summed E-state index contributed by atoms with van der Waals surface area (Å²) in [5.74, 6) is 2.89. The Morgan fingerprint density at radius 2 is 1.43 bits per heavy atom.